The molecule has 0 fully saturated rings. The van der Waals surface area contributed by atoms with Crippen LogP contribution in [0.15, 0.2) is 41.7 Å². The minimum absolute atomic E-state index is 0.0548. The summed E-state index contributed by atoms with van der Waals surface area (Å²) in [6.07, 6.45) is -0.746. The highest BCUT2D eigenvalue weighted by Crippen LogP contribution is 2.37. The Morgan fingerprint density at radius 2 is 1.95 bits per heavy atom. The Bertz CT molecular complexity index is 562. The zero-order valence-electron chi connectivity index (χ0n) is 11.4. The van der Waals surface area contributed by atoms with Crippen molar-refractivity contribution in [1.29, 1.82) is 0 Å². The van der Waals surface area contributed by atoms with Crippen molar-refractivity contribution in [2.45, 2.75) is 26.0 Å². The first kappa shape index (κ1) is 14.3. The lowest BCUT2D eigenvalue weighted by Gasteiger charge is -2.27. The van der Waals surface area contributed by atoms with Crippen molar-refractivity contribution in [3.05, 3.63) is 47.2 Å². The van der Waals surface area contributed by atoms with Gasteiger partial charge in [0.2, 0.25) is 0 Å². The average Bonchev–Trinajstić information content (AvgIpc) is 2.64. The fraction of sp³-hybridized carbons (Fsp3) is 0.333. The molecule has 0 unspecified atom stereocenters. The normalized spacial score (nSPS) is 20.4. The van der Waals surface area contributed by atoms with Gasteiger partial charge >= 0.3 is 0 Å². The first-order valence-corrected chi connectivity index (χ1v) is 6.41. The van der Waals surface area contributed by atoms with Crippen LogP contribution >= 0.6 is 0 Å². The molecular weight excluding hydrogens is 258 g/mol. The largest absolute Gasteiger partial charge is 0.503 e. The van der Waals surface area contributed by atoms with Crippen molar-refractivity contribution < 1.29 is 19.8 Å². The van der Waals surface area contributed by atoms with Crippen molar-refractivity contribution in [2.24, 2.45) is 0 Å². The number of aliphatic hydroxyl groups excluding tert-OH is 2. The highest BCUT2D eigenvalue weighted by Gasteiger charge is 2.42. The number of ketones is 1. The van der Waals surface area contributed by atoms with Crippen LogP contribution in [0.2, 0.25) is 0 Å². The second kappa shape index (κ2) is 5.46. The van der Waals surface area contributed by atoms with Crippen LogP contribution in [0.1, 0.15) is 25.5 Å². The van der Waals surface area contributed by atoms with Gasteiger partial charge in [0.25, 0.3) is 5.91 Å². The van der Waals surface area contributed by atoms with Crippen LogP contribution in [-0.2, 0) is 9.59 Å². The Labute approximate surface area is 117 Å². The molecule has 5 heteroatoms. The van der Waals surface area contributed by atoms with Gasteiger partial charge in [-0.15, -0.1) is 0 Å². The van der Waals surface area contributed by atoms with Gasteiger partial charge in [-0.05, 0) is 19.4 Å². The first-order valence-electron chi connectivity index (χ1n) is 6.41. The first-order chi connectivity index (χ1) is 9.43. The predicted octanol–water partition coefficient (Wildman–Crippen LogP) is 1.35. The van der Waals surface area contributed by atoms with Crippen molar-refractivity contribution in [1.82, 2.24) is 4.90 Å². The van der Waals surface area contributed by atoms with E-state index in [0.29, 0.717) is 0 Å². The summed E-state index contributed by atoms with van der Waals surface area (Å²) in [4.78, 5) is 25.2. The maximum absolute atomic E-state index is 12.1. The third kappa shape index (κ3) is 2.44. The van der Waals surface area contributed by atoms with E-state index < -0.39 is 23.8 Å². The van der Waals surface area contributed by atoms with Crippen molar-refractivity contribution >= 4 is 11.7 Å². The Balaban J connectivity index is 2.50. The fourth-order valence-electron chi connectivity index (χ4n) is 2.47. The molecule has 20 heavy (non-hydrogen) atoms. The Hall–Kier alpha value is -2.14. The predicted molar refractivity (Wildman–Crippen MR) is 72.9 cm³/mol. The van der Waals surface area contributed by atoms with Gasteiger partial charge in [0.1, 0.15) is 0 Å². The summed E-state index contributed by atoms with van der Waals surface area (Å²) >= 11 is 0. The third-order valence-corrected chi connectivity index (χ3v) is 3.26. The zero-order valence-corrected chi connectivity index (χ0v) is 11.4. The number of carbonyl (C=O) groups excluding carboxylic acids is 2. The van der Waals surface area contributed by atoms with Crippen LogP contribution in [0.4, 0.5) is 0 Å². The van der Waals surface area contributed by atoms with E-state index in [1.807, 2.05) is 6.07 Å². The number of carbonyl (C=O) groups is 2. The molecular formula is C15H17NO4. The van der Waals surface area contributed by atoms with Crippen molar-refractivity contribution in [3.8, 4) is 0 Å². The lowest BCUT2D eigenvalue weighted by atomic mass is 9.97. The third-order valence-electron chi connectivity index (χ3n) is 3.26. The summed E-state index contributed by atoms with van der Waals surface area (Å²) in [5.41, 5.74) is 0.817. The number of rotatable bonds is 4. The second-order valence-electron chi connectivity index (χ2n) is 4.94. The molecule has 0 saturated heterocycles. The van der Waals surface area contributed by atoms with E-state index in [2.05, 4.69) is 0 Å². The molecule has 2 rings (SSSR count). The van der Waals surface area contributed by atoms with E-state index in [1.165, 1.54) is 11.8 Å². The molecule has 1 aliphatic rings. The molecule has 1 aromatic rings. The van der Waals surface area contributed by atoms with Gasteiger partial charge in [-0.2, -0.15) is 0 Å². The molecule has 1 heterocycles. The lowest BCUT2D eigenvalue weighted by molar-refractivity contribution is -0.130. The zero-order chi connectivity index (χ0) is 14.9. The van der Waals surface area contributed by atoms with Gasteiger partial charge < -0.3 is 15.1 Å². The number of benzene rings is 1. The number of nitrogens with zero attached hydrogens (tertiary/aromatic N) is 1. The molecule has 5 nitrogen and oxygen atoms in total. The topological polar surface area (TPSA) is 77.8 Å². The van der Waals surface area contributed by atoms with Gasteiger partial charge in [0.15, 0.2) is 11.5 Å². The lowest BCUT2D eigenvalue weighted by Crippen LogP contribution is -2.36. The van der Waals surface area contributed by atoms with Crippen LogP contribution < -0.4 is 0 Å². The Morgan fingerprint density at radius 3 is 2.45 bits per heavy atom. The van der Waals surface area contributed by atoms with E-state index in [4.69, 9.17) is 0 Å². The van der Waals surface area contributed by atoms with Crippen LogP contribution in [0.3, 0.4) is 0 Å². The number of amides is 1. The number of β-amino-alcohol motifs (C(OH)–C–C–N with tert-alkyl or cyclic N) is 1. The Kier molecular flexibility index (Phi) is 3.90. The van der Waals surface area contributed by atoms with Gasteiger partial charge in [-0.25, -0.2) is 0 Å². The molecule has 0 saturated carbocycles. The molecule has 0 bridgehead atoms. The maximum atomic E-state index is 12.1. The van der Waals surface area contributed by atoms with Crippen LogP contribution in [0.5, 0.6) is 0 Å². The number of hydrogen-bond acceptors (Lipinski definition) is 4. The summed E-state index contributed by atoms with van der Waals surface area (Å²) in [5.74, 6) is -1.49. The van der Waals surface area contributed by atoms with E-state index >= 15 is 0 Å². The molecule has 2 N–H and O–H groups in total. The number of aliphatic hydroxyl groups is 2. The fourth-order valence-corrected chi connectivity index (χ4v) is 2.47. The van der Waals surface area contributed by atoms with E-state index in [-0.39, 0.29) is 17.9 Å². The van der Waals surface area contributed by atoms with Crippen LogP contribution in [0.25, 0.3) is 0 Å². The standard InChI is InChI=1S/C15H17NO4/c1-9(17)8-16-13(11-6-4-3-5-7-11)12(10(2)18)14(19)15(16)20/h3-7,9,13,17,19H,8H2,1-2H3/t9-,13+/m1/s1. The highest BCUT2D eigenvalue weighted by molar-refractivity contribution is 6.08. The molecule has 2 atom stereocenters. The highest BCUT2D eigenvalue weighted by atomic mass is 16.3. The maximum Gasteiger partial charge on any atom is 0.290 e. The summed E-state index contributed by atoms with van der Waals surface area (Å²) in [6, 6.07) is 8.36. The summed E-state index contributed by atoms with van der Waals surface area (Å²) < 4.78 is 0. The molecule has 1 aromatic carbocycles. The number of Topliss-reactive ketones (excluding diaryl/α,β-unsaturated/α-hetero) is 1. The van der Waals surface area contributed by atoms with E-state index in [1.54, 1.807) is 31.2 Å². The van der Waals surface area contributed by atoms with Gasteiger partial charge in [0, 0.05) is 6.54 Å². The van der Waals surface area contributed by atoms with Crippen molar-refractivity contribution in [3.63, 3.8) is 0 Å². The smallest absolute Gasteiger partial charge is 0.290 e. The van der Waals surface area contributed by atoms with E-state index in [0.717, 1.165) is 5.56 Å². The average molecular weight is 275 g/mol. The van der Waals surface area contributed by atoms with Crippen LogP contribution in [0, 0.1) is 0 Å². The summed E-state index contributed by atoms with van der Waals surface area (Å²) in [6.45, 7) is 2.93. The molecule has 1 aliphatic heterocycles. The molecule has 0 radical (unpaired) electrons. The minimum atomic E-state index is -0.746. The molecule has 0 aliphatic carbocycles. The minimum Gasteiger partial charge on any atom is -0.503 e. The summed E-state index contributed by atoms with van der Waals surface area (Å²) in [5, 5.41) is 19.5. The van der Waals surface area contributed by atoms with Crippen molar-refractivity contribution in [2.75, 3.05) is 6.54 Å². The Morgan fingerprint density at radius 1 is 1.35 bits per heavy atom. The van der Waals surface area contributed by atoms with Gasteiger partial charge in [0.05, 0.1) is 17.7 Å². The molecule has 0 spiro atoms. The number of hydrogen-bond donors (Lipinski definition) is 2. The molecule has 106 valence electrons. The van der Waals surface area contributed by atoms with Gasteiger partial charge in [-0.3, -0.25) is 9.59 Å². The second-order valence-corrected chi connectivity index (χ2v) is 4.94. The molecule has 1 amide bonds. The van der Waals surface area contributed by atoms with Gasteiger partial charge in [-0.1, -0.05) is 30.3 Å². The van der Waals surface area contributed by atoms with Crippen LogP contribution in [-0.4, -0.2) is 39.5 Å². The quantitative estimate of drug-likeness (QED) is 0.869. The SMILES string of the molecule is CC(=O)C1=C(O)C(=O)N(C[C@@H](C)O)[C@H]1c1ccccc1. The monoisotopic (exact) mass is 275 g/mol. The molecule has 0 aromatic heterocycles. The van der Waals surface area contributed by atoms with E-state index in [9.17, 15) is 19.8 Å². The summed E-state index contributed by atoms with van der Waals surface area (Å²) in [7, 11) is 0.